The molecule has 0 amide bonds. The molecule has 298 valence electrons. The van der Waals surface area contributed by atoms with Crippen LogP contribution in [0.15, 0.2) is 224 Å². The third-order valence-electron chi connectivity index (χ3n) is 12.1. The summed E-state index contributed by atoms with van der Waals surface area (Å²) >= 11 is 0. The standard InChI is InChI=1S/C59H37N5/c1-3-13-38(14-4-1)39-25-27-42(28-26-39)57-60-58(62-59(61-57)44-31-35-49-48-21-9-10-23-51(48)63(54(49)37-44)45-18-5-2-6-19-45)43-29-33-46(34-30-43)64-52-24-12-17-41-16-11-22-50(55(41)52)56-47-20-8-7-15-40(47)32-36-53(56)64/h1-37H/i1D,3D,4D,13D,14D,25D,26D,27D,28D. The zero-order chi connectivity index (χ0) is 50.0. The van der Waals surface area contributed by atoms with Crippen molar-refractivity contribution in [1.82, 2.24) is 19.5 Å². The Kier molecular flexibility index (Phi) is 6.34. The molecule has 1 aliphatic heterocycles. The molecule has 0 bridgehead atoms. The molecule has 0 aliphatic carbocycles. The highest BCUT2D eigenvalue weighted by Gasteiger charge is 2.27. The lowest BCUT2D eigenvalue weighted by atomic mass is 9.87. The zero-order valence-electron chi connectivity index (χ0n) is 42.9. The Balaban J connectivity index is 1.01. The number of anilines is 3. The third kappa shape index (κ3) is 5.75. The molecule has 0 saturated carbocycles. The van der Waals surface area contributed by atoms with Crippen molar-refractivity contribution >= 4 is 60.4 Å². The van der Waals surface area contributed by atoms with Crippen molar-refractivity contribution in [2.24, 2.45) is 0 Å². The molecular formula is C59H37N5. The fraction of sp³-hybridized carbons (Fsp3) is 0. The van der Waals surface area contributed by atoms with Gasteiger partial charge in [0, 0.05) is 49.8 Å². The van der Waals surface area contributed by atoms with Gasteiger partial charge in [-0.2, -0.15) is 0 Å². The van der Waals surface area contributed by atoms with Gasteiger partial charge in [0.25, 0.3) is 0 Å². The highest BCUT2D eigenvalue weighted by Crippen LogP contribution is 2.53. The van der Waals surface area contributed by atoms with Gasteiger partial charge in [-0.1, -0.05) is 164 Å². The zero-order valence-corrected chi connectivity index (χ0v) is 33.9. The molecule has 13 rings (SSSR count). The summed E-state index contributed by atoms with van der Waals surface area (Å²) in [5.74, 6) is 0.277. The Morgan fingerprint density at radius 2 is 1.00 bits per heavy atom. The van der Waals surface area contributed by atoms with Crippen LogP contribution in [0.25, 0.3) is 105 Å². The van der Waals surface area contributed by atoms with E-state index in [4.69, 9.17) is 21.8 Å². The molecule has 0 atom stereocenters. The van der Waals surface area contributed by atoms with E-state index >= 15 is 0 Å². The Morgan fingerprint density at radius 3 is 1.81 bits per heavy atom. The van der Waals surface area contributed by atoms with E-state index in [2.05, 4.69) is 94.4 Å². The van der Waals surface area contributed by atoms with Gasteiger partial charge in [0.2, 0.25) is 0 Å². The molecule has 3 heterocycles. The van der Waals surface area contributed by atoms with Gasteiger partial charge in [0.1, 0.15) is 0 Å². The largest absolute Gasteiger partial charge is 0.309 e. The first-order valence-electron chi connectivity index (χ1n) is 25.5. The van der Waals surface area contributed by atoms with E-state index in [-0.39, 0.29) is 23.0 Å². The summed E-state index contributed by atoms with van der Waals surface area (Å²) in [5, 5.41) is 6.61. The average molecular weight is 825 g/mol. The molecule has 10 aromatic carbocycles. The first-order valence-corrected chi connectivity index (χ1v) is 21.0. The Hall–Kier alpha value is -8.67. The maximum Gasteiger partial charge on any atom is 0.164 e. The van der Waals surface area contributed by atoms with Crippen LogP contribution in [0.3, 0.4) is 0 Å². The summed E-state index contributed by atoms with van der Waals surface area (Å²) < 4.78 is 81.4. The van der Waals surface area contributed by atoms with Crippen LogP contribution in [-0.4, -0.2) is 19.5 Å². The topological polar surface area (TPSA) is 46.8 Å². The average Bonchev–Trinajstić information content (AvgIpc) is 3.76. The normalized spacial score (nSPS) is 14.0. The second kappa shape index (κ2) is 14.5. The van der Waals surface area contributed by atoms with Crippen LogP contribution in [0.4, 0.5) is 17.1 Å². The second-order valence-electron chi connectivity index (χ2n) is 15.7. The smallest absolute Gasteiger partial charge is 0.164 e. The molecule has 64 heavy (non-hydrogen) atoms. The number of fused-ring (bicyclic) bond motifs is 7. The van der Waals surface area contributed by atoms with E-state index in [1.54, 1.807) is 0 Å². The molecule has 0 N–H and O–H groups in total. The summed E-state index contributed by atoms with van der Waals surface area (Å²) in [7, 11) is 0. The van der Waals surface area contributed by atoms with Crippen molar-refractivity contribution in [2.45, 2.75) is 0 Å². The molecular weight excluding hydrogens is 779 g/mol. The number of benzene rings is 10. The van der Waals surface area contributed by atoms with Crippen molar-refractivity contribution in [1.29, 1.82) is 0 Å². The van der Waals surface area contributed by atoms with Crippen LogP contribution in [0, 0.1) is 0 Å². The van der Waals surface area contributed by atoms with Crippen LogP contribution < -0.4 is 4.90 Å². The molecule has 0 fully saturated rings. The molecule has 12 aromatic rings. The monoisotopic (exact) mass is 824 g/mol. The number of nitrogens with zero attached hydrogens (tertiary/aromatic N) is 5. The lowest BCUT2D eigenvalue weighted by molar-refractivity contribution is 1.07. The van der Waals surface area contributed by atoms with Gasteiger partial charge < -0.3 is 9.47 Å². The van der Waals surface area contributed by atoms with E-state index in [0.29, 0.717) is 11.1 Å². The van der Waals surface area contributed by atoms with Crippen molar-refractivity contribution < 1.29 is 12.3 Å². The molecule has 2 aromatic heterocycles. The minimum atomic E-state index is -0.655. The Bertz CT molecular complexity index is 4270. The summed E-state index contributed by atoms with van der Waals surface area (Å²) in [6, 6.07) is 52.0. The fourth-order valence-corrected chi connectivity index (χ4v) is 9.25. The predicted molar refractivity (Wildman–Crippen MR) is 265 cm³/mol. The van der Waals surface area contributed by atoms with Crippen molar-refractivity contribution in [3.63, 3.8) is 0 Å². The second-order valence-corrected chi connectivity index (χ2v) is 15.7. The first kappa shape index (κ1) is 28.0. The molecule has 0 radical (unpaired) electrons. The van der Waals surface area contributed by atoms with Crippen molar-refractivity contribution in [3.05, 3.63) is 224 Å². The third-order valence-corrected chi connectivity index (χ3v) is 12.1. The first-order chi connectivity index (χ1) is 35.5. The van der Waals surface area contributed by atoms with Crippen LogP contribution in [0.5, 0.6) is 0 Å². The van der Waals surface area contributed by atoms with Crippen LogP contribution in [0.2, 0.25) is 0 Å². The van der Waals surface area contributed by atoms with Crippen LogP contribution in [-0.2, 0) is 0 Å². The van der Waals surface area contributed by atoms with Crippen LogP contribution >= 0.6 is 0 Å². The molecule has 1 aliphatic rings. The molecule has 0 saturated heterocycles. The highest BCUT2D eigenvalue weighted by atomic mass is 15.2. The predicted octanol–water partition coefficient (Wildman–Crippen LogP) is 15.4. The maximum atomic E-state index is 9.39. The van der Waals surface area contributed by atoms with Gasteiger partial charge in [-0.15, -0.1) is 0 Å². The number of rotatable bonds is 6. The van der Waals surface area contributed by atoms with Gasteiger partial charge >= 0.3 is 0 Å². The van der Waals surface area contributed by atoms with Gasteiger partial charge in [-0.3, -0.25) is 0 Å². The summed E-state index contributed by atoms with van der Waals surface area (Å²) in [4.78, 5) is 17.2. The van der Waals surface area contributed by atoms with Gasteiger partial charge in [0.15, 0.2) is 17.5 Å². The van der Waals surface area contributed by atoms with Gasteiger partial charge in [-0.25, -0.2) is 15.0 Å². The Morgan fingerprint density at radius 1 is 0.375 bits per heavy atom. The molecule has 0 unspecified atom stereocenters. The van der Waals surface area contributed by atoms with E-state index in [9.17, 15) is 5.48 Å². The summed E-state index contributed by atoms with van der Waals surface area (Å²) in [6.45, 7) is 0. The lowest BCUT2D eigenvalue weighted by Crippen LogP contribution is -2.15. The minimum Gasteiger partial charge on any atom is -0.309 e. The van der Waals surface area contributed by atoms with Crippen molar-refractivity contribution in [3.8, 4) is 62.1 Å². The molecule has 0 spiro atoms. The highest BCUT2D eigenvalue weighted by molar-refractivity contribution is 6.19. The minimum absolute atomic E-state index is 0.141. The summed E-state index contributed by atoms with van der Waals surface area (Å²) in [5.41, 5.74) is 8.19. The van der Waals surface area contributed by atoms with Gasteiger partial charge in [-0.05, 0) is 93.5 Å². The maximum absolute atomic E-state index is 9.39. The van der Waals surface area contributed by atoms with Crippen LogP contribution in [0.1, 0.15) is 12.3 Å². The van der Waals surface area contributed by atoms with E-state index in [1.165, 1.54) is 0 Å². The van der Waals surface area contributed by atoms with E-state index in [0.717, 1.165) is 77.2 Å². The van der Waals surface area contributed by atoms with E-state index in [1.807, 2.05) is 84.9 Å². The number of aromatic nitrogens is 4. The summed E-state index contributed by atoms with van der Waals surface area (Å²) in [6.07, 6.45) is 0. The fourth-order valence-electron chi connectivity index (χ4n) is 9.25. The quantitative estimate of drug-likeness (QED) is 0.168. The SMILES string of the molecule is [2H]c1c([2H])c([2H])c(-c2c([2H])c([2H])c(-c3nc(-c4ccc(N5c6ccc7ccccc7c6-c6cccc7cccc5c67)cc4)nc(-c4ccc5c6ccccc6n(-c6ccccc6)c5c4)n3)c([2H])c2[2H])c([2H])c1[2H]. The lowest BCUT2D eigenvalue weighted by Gasteiger charge is -2.34. The number of para-hydroxylation sites is 2. The van der Waals surface area contributed by atoms with Gasteiger partial charge in [0.05, 0.1) is 34.7 Å². The molecule has 5 heteroatoms. The molecule has 5 nitrogen and oxygen atoms in total. The van der Waals surface area contributed by atoms with Crippen molar-refractivity contribution in [2.75, 3.05) is 4.90 Å². The van der Waals surface area contributed by atoms with E-state index < -0.39 is 65.5 Å². The number of hydrogen-bond acceptors (Lipinski definition) is 4. The Labute approximate surface area is 382 Å². The number of hydrogen-bond donors (Lipinski definition) is 0.